The largest absolute Gasteiger partial charge is 0.416 e. The molecule has 4 rings (SSSR count). The first kappa shape index (κ1) is 23.9. The van der Waals surface area contributed by atoms with Gasteiger partial charge in [0.1, 0.15) is 5.82 Å². The van der Waals surface area contributed by atoms with Gasteiger partial charge in [-0.15, -0.1) is 0 Å². The van der Waals surface area contributed by atoms with Crippen LogP contribution in [0, 0.1) is 5.82 Å². The van der Waals surface area contributed by atoms with Gasteiger partial charge in [-0.3, -0.25) is 4.79 Å². The minimum absolute atomic E-state index is 0.0307. The summed E-state index contributed by atoms with van der Waals surface area (Å²) < 4.78 is 78.9. The van der Waals surface area contributed by atoms with E-state index in [-0.39, 0.29) is 22.7 Å². The van der Waals surface area contributed by atoms with Gasteiger partial charge in [-0.25, -0.2) is 17.5 Å². The number of alkyl halides is 3. The molecule has 3 aromatic carbocycles. The SMILES string of the molecule is CS(=O)(=O)NC1Cc2ccc(NC(=O)c3cccc(F)c3-c3ccc(C(F)(F)F)cc3)cc2C1. The maximum Gasteiger partial charge on any atom is 0.416 e. The van der Waals surface area contributed by atoms with E-state index in [1.807, 2.05) is 0 Å². The number of carbonyl (C=O) groups excluding carboxylic acids is 1. The number of sulfonamides is 1. The van der Waals surface area contributed by atoms with Gasteiger partial charge < -0.3 is 5.32 Å². The molecule has 3 aromatic rings. The van der Waals surface area contributed by atoms with Crippen molar-refractivity contribution in [3.05, 3.63) is 88.7 Å². The number of hydrogen-bond acceptors (Lipinski definition) is 3. The van der Waals surface area contributed by atoms with Gasteiger partial charge in [0, 0.05) is 17.3 Å². The summed E-state index contributed by atoms with van der Waals surface area (Å²) >= 11 is 0. The summed E-state index contributed by atoms with van der Waals surface area (Å²) in [6.45, 7) is 0. The first-order chi connectivity index (χ1) is 15.9. The van der Waals surface area contributed by atoms with Crippen molar-refractivity contribution >= 4 is 21.6 Å². The highest BCUT2D eigenvalue weighted by molar-refractivity contribution is 7.88. The molecular formula is C24H20F4N2O3S. The minimum Gasteiger partial charge on any atom is -0.322 e. The summed E-state index contributed by atoms with van der Waals surface area (Å²) in [6, 6.07) is 12.7. The van der Waals surface area contributed by atoms with Crippen LogP contribution in [0.3, 0.4) is 0 Å². The zero-order valence-corrected chi connectivity index (χ0v) is 18.7. The second kappa shape index (κ2) is 8.84. The average Bonchev–Trinajstić information content (AvgIpc) is 3.12. The number of anilines is 1. The molecule has 5 nitrogen and oxygen atoms in total. The molecule has 1 aliphatic rings. The Morgan fingerprint density at radius 2 is 1.65 bits per heavy atom. The summed E-state index contributed by atoms with van der Waals surface area (Å²) in [4.78, 5) is 13.0. The maximum atomic E-state index is 14.7. The molecule has 1 aliphatic carbocycles. The number of fused-ring (bicyclic) bond motifs is 1. The summed E-state index contributed by atoms with van der Waals surface area (Å²) in [6.07, 6.45) is -2.45. The highest BCUT2D eigenvalue weighted by atomic mass is 32.2. The lowest BCUT2D eigenvalue weighted by molar-refractivity contribution is -0.137. The number of hydrogen-bond donors (Lipinski definition) is 2. The lowest BCUT2D eigenvalue weighted by atomic mass is 9.97. The Bertz CT molecular complexity index is 1350. The number of rotatable bonds is 5. The van der Waals surface area contributed by atoms with Gasteiger partial charge in [0.2, 0.25) is 10.0 Å². The third-order valence-electron chi connectivity index (χ3n) is 5.54. The standard InChI is InChI=1S/C24H20F4N2O3S/c1-34(32,33)30-19-11-15-7-10-18(12-16(15)13-19)29-23(31)20-3-2-4-21(25)22(20)14-5-8-17(9-6-14)24(26,27)28/h2-10,12,19,30H,11,13H2,1H3,(H,29,31). The molecule has 1 atom stereocenters. The zero-order valence-electron chi connectivity index (χ0n) is 17.9. The van der Waals surface area contributed by atoms with Gasteiger partial charge in [-0.2, -0.15) is 13.2 Å². The summed E-state index contributed by atoms with van der Waals surface area (Å²) in [5, 5.41) is 2.70. The van der Waals surface area contributed by atoms with E-state index in [2.05, 4.69) is 10.0 Å². The first-order valence-corrected chi connectivity index (χ1v) is 12.2. The van der Waals surface area contributed by atoms with Crippen LogP contribution in [0.4, 0.5) is 23.2 Å². The van der Waals surface area contributed by atoms with E-state index >= 15 is 0 Å². The van der Waals surface area contributed by atoms with E-state index in [4.69, 9.17) is 0 Å². The molecule has 0 saturated carbocycles. The number of amides is 1. The van der Waals surface area contributed by atoms with Crippen LogP contribution in [-0.2, 0) is 29.0 Å². The monoisotopic (exact) mass is 492 g/mol. The Morgan fingerprint density at radius 1 is 0.971 bits per heavy atom. The second-order valence-corrected chi connectivity index (χ2v) is 9.95. The van der Waals surface area contributed by atoms with E-state index < -0.39 is 33.5 Å². The van der Waals surface area contributed by atoms with Crippen molar-refractivity contribution in [2.75, 3.05) is 11.6 Å². The van der Waals surface area contributed by atoms with Gasteiger partial charge in [0.15, 0.2) is 0 Å². The smallest absolute Gasteiger partial charge is 0.322 e. The fraction of sp³-hybridized carbons (Fsp3) is 0.208. The van der Waals surface area contributed by atoms with Gasteiger partial charge in [-0.05, 0) is 65.9 Å². The van der Waals surface area contributed by atoms with Crippen molar-refractivity contribution in [2.24, 2.45) is 0 Å². The van der Waals surface area contributed by atoms with Crippen molar-refractivity contribution in [2.45, 2.75) is 25.1 Å². The highest BCUT2D eigenvalue weighted by Gasteiger charge is 2.30. The van der Waals surface area contributed by atoms with Crippen LogP contribution < -0.4 is 10.0 Å². The normalized spacial score (nSPS) is 15.7. The Hall–Kier alpha value is -3.24. The van der Waals surface area contributed by atoms with Crippen molar-refractivity contribution < 1.29 is 30.8 Å². The highest BCUT2D eigenvalue weighted by Crippen LogP contribution is 2.33. The molecule has 34 heavy (non-hydrogen) atoms. The number of nitrogens with one attached hydrogen (secondary N) is 2. The molecule has 0 heterocycles. The topological polar surface area (TPSA) is 75.3 Å². The molecule has 0 spiro atoms. The van der Waals surface area contributed by atoms with Crippen LogP contribution >= 0.6 is 0 Å². The number of carbonyl (C=O) groups is 1. The van der Waals surface area contributed by atoms with Gasteiger partial charge in [0.05, 0.1) is 17.4 Å². The molecule has 0 saturated heterocycles. The molecule has 1 unspecified atom stereocenters. The van der Waals surface area contributed by atoms with Crippen molar-refractivity contribution in [1.82, 2.24) is 4.72 Å². The Morgan fingerprint density at radius 3 is 2.29 bits per heavy atom. The second-order valence-electron chi connectivity index (χ2n) is 8.17. The predicted molar refractivity (Wildman–Crippen MR) is 120 cm³/mol. The van der Waals surface area contributed by atoms with Crippen molar-refractivity contribution in [1.29, 1.82) is 0 Å². The first-order valence-electron chi connectivity index (χ1n) is 10.3. The van der Waals surface area contributed by atoms with Crippen LogP contribution in [0.5, 0.6) is 0 Å². The fourth-order valence-corrected chi connectivity index (χ4v) is 4.89. The van der Waals surface area contributed by atoms with Crippen LogP contribution in [0.2, 0.25) is 0 Å². The van der Waals surface area contributed by atoms with Crippen LogP contribution in [0.25, 0.3) is 11.1 Å². The summed E-state index contributed by atoms with van der Waals surface area (Å²) in [7, 11) is -3.35. The van der Waals surface area contributed by atoms with Crippen LogP contribution in [0.1, 0.15) is 27.0 Å². The molecule has 0 bridgehead atoms. The molecule has 2 N–H and O–H groups in total. The van der Waals surface area contributed by atoms with E-state index in [0.717, 1.165) is 47.7 Å². The van der Waals surface area contributed by atoms with E-state index in [1.165, 1.54) is 12.1 Å². The van der Waals surface area contributed by atoms with Gasteiger partial charge in [-0.1, -0.05) is 24.3 Å². The Kier molecular flexibility index (Phi) is 6.22. The van der Waals surface area contributed by atoms with E-state index in [9.17, 15) is 30.8 Å². The van der Waals surface area contributed by atoms with E-state index in [1.54, 1.807) is 18.2 Å². The number of benzene rings is 3. The third kappa shape index (κ3) is 5.28. The minimum atomic E-state index is -4.53. The Labute approximate surface area is 193 Å². The van der Waals surface area contributed by atoms with Crippen LogP contribution in [-0.4, -0.2) is 26.6 Å². The molecule has 0 radical (unpaired) electrons. The van der Waals surface area contributed by atoms with Crippen LogP contribution in [0.15, 0.2) is 60.7 Å². The van der Waals surface area contributed by atoms with Gasteiger partial charge >= 0.3 is 6.18 Å². The maximum absolute atomic E-state index is 14.7. The Balaban J connectivity index is 1.58. The lowest BCUT2D eigenvalue weighted by Crippen LogP contribution is -2.34. The lowest BCUT2D eigenvalue weighted by Gasteiger charge is -2.13. The van der Waals surface area contributed by atoms with Gasteiger partial charge in [0.25, 0.3) is 5.91 Å². The molecule has 0 aromatic heterocycles. The molecule has 0 fully saturated rings. The summed E-state index contributed by atoms with van der Waals surface area (Å²) in [5.74, 6) is -1.37. The fourth-order valence-electron chi connectivity index (χ4n) is 4.11. The molecule has 178 valence electrons. The molecule has 10 heteroatoms. The molecule has 0 aliphatic heterocycles. The van der Waals surface area contributed by atoms with E-state index in [0.29, 0.717) is 18.5 Å². The molecular weight excluding hydrogens is 472 g/mol. The van der Waals surface area contributed by atoms with Crippen molar-refractivity contribution in [3.63, 3.8) is 0 Å². The zero-order chi connectivity index (χ0) is 24.7. The predicted octanol–water partition coefficient (Wildman–Crippen LogP) is 4.78. The number of halogens is 4. The average molecular weight is 492 g/mol. The summed E-state index contributed by atoms with van der Waals surface area (Å²) in [5.41, 5.74) is 1.40. The quantitative estimate of drug-likeness (QED) is 0.504. The molecule has 1 amide bonds. The van der Waals surface area contributed by atoms with Crippen molar-refractivity contribution in [3.8, 4) is 11.1 Å². The third-order valence-corrected chi connectivity index (χ3v) is 6.30.